The van der Waals surface area contributed by atoms with Gasteiger partial charge in [-0.2, -0.15) is 0 Å². The van der Waals surface area contributed by atoms with E-state index in [1.54, 1.807) is 18.2 Å². The predicted octanol–water partition coefficient (Wildman–Crippen LogP) is 6.14. The normalized spacial score (nSPS) is 12.3. The molecule has 3 nitrogen and oxygen atoms in total. The Kier molecular flexibility index (Phi) is 3.75. The van der Waals surface area contributed by atoms with E-state index in [1.165, 1.54) is 6.07 Å². The molecule has 0 spiro atoms. The smallest absolute Gasteiger partial charge is 0.156 e. The summed E-state index contributed by atoms with van der Waals surface area (Å²) >= 11 is 12.2. The minimum absolute atomic E-state index is 0.0778. The molecular weight excluding hydrogens is 345 g/mol. The molecule has 0 saturated heterocycles. The van der Waals surface area contributed by atoms with E-state index in [4.69, 9.17) is 27.9 Å². The lowest BCUT2D eigenvalue weighted by molar-refractivity contribution is 0.447. The van der Waals surface area contributed by atoms with Crippen LogP contribution >= 0.6 is 23.2 Å². The molecule has 5 heteroatoms. The molecule has 24 heavy (non-hydrogen) atoms. The summed E-state index contributed by atoms with van der Waals surface area (Å²) in [5.41, 5.74) is 2.55. The molecule has 120 valence electrons. The van der Waals surface area contributed by atoms with E-state index < -0.39 is 0 Å². The van der Waals surface area contributed by atoms with E-state index in [0.29, 0.717) is 33.8 Å². The van der Waals surface area contributed by atoms with Gasteiger partial charge in [-0.1, -0.05) is 53.5 Å². The van der Waals surface area contributed by atoms with Crippen LogP contribution in [0.4, 0.5) is 11.4 Å². The minimum Gasteiger partial charge on any atom is -0.506 e. The van der Waals surface area contributed by atoms with Gasteiger partial charge < -0.3 is 14.7 Å². The van der Waals surface area contributed by atoms with Gasteiger partial charge in [0.2, 0.25) is 0 Å². The second-order valence-corrected chi connectivity index (χ2v) is 6.43. The molecule has 1 heterocycles. The average Bonchev–Trinajstić information content (AvgIpc) is 2.54. The zero-order valence-corrected chi connectivity index (χ0v) is 14.1. The van der Waals surface area contributed by atoms with Gasteiger partial charge in [0.25, 0.3) is 0 Å². The van der Waals surface area contributed by atoms with Crippen molar-refractivity contribution in [2.45, 2.75) is 6.54 Å². The van der Waals surface area contributed by atoms with Crippen molar-refractivity contribution in [2.75, 3.05) is 4.90 Å². The lowest BCUT2D eigenvalue weighted by Crippen LogP contribution is -2.21. The SMILES string of the molecule is Oc1cc(Cl)cc2c1N(Cc1ccccc1)c1ccc(Cl)cc1O2. The first kappa shape index (κ1) is 15.2. The molecule has 1 aliphatic rings. The van der Waals surface area contributed by atoms with Gasteiger partial charge in [-0.3, -0.25) is 0 Å². The summed E-state index contributed by atoms with van der Waals surface area (Å²) in [6.45, 7) is 0.584. The summed E-state index contributed by atoms with van der Waals surface area (Å²) in [5, 5.41) is 11.4. The van der Waals surface area contributed by atoms with Crippen molar-refractivity contribution < 1.29 is 9.84 Å². The monoisotopic (exact) mass is 357 g/mol. The fourth-order valence-corrected chi connectivity index (χ4v) is 3.24. The van der Waals surface area contributed by atoms with Crippen LogP contribution in [0.2, 0.25) is 10.0 Å². The molecule has 0 fully saturated rings. The number of fused-ring (bicyclic) bond motifs is 2. The summed E-state index contributed by atoms with van der Waals surface area (Å²) in [5.74, 6) is 1.22. The van der Waals surface area contributed by atoms with Gasteiger partial charge in [0.15, 0.2) is 11.5 Å². The Labute approximate surface area is 149 Å². The molecule has 4 rings (SSSR count). The molecule has 0 bridgehead atoms. The van der Waals surface area contributed by atoms with E-state index in [-0.39, 0.29) is 5.75 Å². The zero-order chi connectivity index (χ0) is 16.7. The van der Waals surface area contributed by atoms with Crippen LogP contribution in [0.1, 0.15) is 5.56 Å². The fraction of sp³-hybridized carbons (Fsp3) is 0.0526. The molecule has 0 saturated carbocycles. The predicted molar refractivity (Wildman–Crippen MR) is 96.9 cm³/mol. The first-order valence-corrected chi connectivity index (χ1v) is 8.19. The minimum atomic E-state index is 0.0778. The molecule has 0 aliphatic carbocycles. The molecule has 1 N–H and O–H groups in total. The van der Waals surface area contributed by atoms with Crippen molar-refractivity contribution >= 4 is 34.6 Å². The number of rotatable bonds is 2. The lowest BCUT2D eigenvalue weighted by Gasteiger charge is -2.33. The average molecular weight is 358 g/mol. The number of phenols is 1. The van der Waals surface area contributed by atoms with E-state index in [2.05, 4.69) is 0 Å². The third-order valence-electron chi connectivity index (χ3n) is 3.91. The van der Waals surface area contributed by atoms with Crippen LogP contribution in [-0.4, -0.2) is 5.11 Å². The van der Waals surface area contributed by atoms with Crippen LogP contribution in [0.5, 0.6) is 17.2 Å². The van der Waals surface area contributed by atoms with E-state index in [0.717, 1.165) is 11.3 Å². The van der Waals surface area contributed by atoms with Crippen LogP contribution in [0.15, 0.2) is 60.7 Å². The molecule has 0 atom stereocenters. The number of anilines is 2. The second-order valence-electron chi connectivity index (χ2n) is 5.56. The molecule has 0 aromatic heterocycles. The van der Waals surface area contributed by atoms with Gasteiger partial charge >= 0.3 is 0 Å². The summed E-state index contributed by atoms with van der Waals surface area (Å²) in [7, 11) is 0. The summed E-state index contributed by atoms with van der Waals surface area (Å²) in [4.78, 5) is 2.01. The number of aromatic hydroxyl groups is 1. The highest BCUT2D eigenvalue weighted by atomic mass is 35.5. The fourth-order valence-electron chi connectivity index (χ4n) is 2.87. The van der Waals surface area contributed by atoms with Crippen molar-refractivity contribution in [3.8, 4) is 17.2 Å². The first-order valence-electron chi connectivity index (χ1n) is 7.43. The van der Waals surface area contributed by atoms with Gasteiger partial charge in [-0.05, 0) is 17.7 Å². The van der Waals surface area contributed by atoms with E-state index >= 15 is 0 Å². The van der Waals surface area contributed by atoms with Crippen LogP contribution in [0.3, 0.4) is 0 Å². The van der Waals surface area contributed by atoms with Gasteiger partial charge in [-0.15, -0.1) is 0 Å². The van der Waals surface area contributed by atoms with Gasteiger partial charge in [0, 0.05) is 34.8 Å². The largest absolute Gasteiger partial charge is 0.506 e. The van der Waals surface area contributed by atoms with Gasteiger partial charge in [0.05, 0.1) is 5.69 Å². The lowest BCUT2D eigenvalue weighted by atomic mass is 10.1. The Morgan fingerprint density at radius 2 is 1.62 bits per heavy atom. The number of benzene rings is 3. The molecule has 1 aliphatic heterocycles. The summed E-state index contributed by atoms with van der Waals surface area (Å²) < 4.78 is 5.92. The quantitative estimate of drug-likeness (QED) is 0.597. The molecular formula is C19H13Cl2NO2. The third kappa shape index (κ3) is 2.66. The third-order valence-corrected chi connectivity index (χ3v) is 4.36. The van der Waals surface area contributed by atoms with Crippen LogP contribution in [0.25, 0.3) is 0 Å². The number of hydrogen-bond donors (Lipinski definition) is 1. The Bertz CT molecular complexity index is 913. The standard InChI is InChI=1S/C19H13Cl2NO2/c20-13-6-7-15-17(9-13)24-18-10-14(21)8-16(23)19(18)22(15)11-12-4-2-1-3-5-12/h1-10,23H,11H2. The van der Waals surface area contributed by atoms with E-state index in [1.807, 2.05) is 41.3 Å². The van der Waals surface area contributed by atoms with Crippen LogP contribution < -0.4 is 9.64 Å². The van der Waals surface area contributed by atoms with Crippen molar-refractivity contribution in [2.24, 2.45) is 0 Å². The Balaban J connectivity index is 1.88. The van der Waals surface area contributed by atoms with Gasteiger partial charge in [0.1, 0.15) is 11.4 Å². The maximum absolute atomic E-state index is 10.4. The molecule has 0 unspecified atom stereocenters. The number of hydrogen-bond acceptors (Lipinski definition) is 3. The van der Waals surface area contributed by atoms with E-state index in [9.17, 15) is 5.11 Å². The van der Waals surface area contributed by atoms with Crippen molar-refractivity contribution in [1.82, 2.24) is 0 Å². The number of nitrogens with zero attached hydrogens (tertiary/aromatic N) is 1. The summed E-state index contributed by atoms with van der Waals surface area (Å²) in [6.07, 6.45) is 0. The Morgan fingerprint density at radius 1 is 0.875 bits per heavy atom. The number of ether oxygens (including phenoxy) is 1. The van der Waals surface area contributed by atoms with Crippen LogP contribution in [0, 0.1) is 0 Å². The Hall–Kier alpha value is -2.36. The molecule has 3 aromatic carbocycles. The van der Waals surface area contributed by atoms with Crippen LogP contribution in [-0.2, 0) is 6.54 Å². The Morgan fingerprint density at radius 3 is 2.42 bits per heavy atom. The highest BCUT2D eigenvalue weighted by Crippen LogP contribution is 2.52. The highest BCUT2D eigenvalue weighted by molar-refractivity contribution is 6.31. The van der Waals surface area contributed by atoms with Crippen molar-refractivity contribution in [1.29, 1.82) is 0 Å². The second kappa shape index (κ2) is 5.93. The first-order chi connectivity index (χ1) is 11.6. The highest BCUT2D eigenvalue weighted by Gasteiger charge is 2.28. The number of phenolic OH excluding ortho intramolecular Hbond substituents is 1. The topological polar surface area (TPSA) is 32.7 Å². The molecule has 3 aromatic rings. The van der Waals surface area contributed by atoms with Crippen molar-refractivity contribution in [3.05, 3.63) is 76.3 Å². The zero-order valence-electron chi connectivity index (χ0n) is 12.5. The summed E-state index contributed by atoms with van der Waals surface area (Å²) in [6, 6.07) is 18.7. The van der Waals surface area contributed by atoms with Crippen molar-refractivity contribution in [3.63, 3.8) is 0 Å². The number of halogens is 2. The van der Waals surface area contributed by atoms with Gasteiger partial charge in [-0.25, -0.2) is 0 Å². The molecule has 0 amide bonds. The maximum atomic E-state index is 10.4. The maximum Gasteiger partial charge on any atom is 0.156 e. The molecule has 0 radical (unpaired) electrons.